The molecular weight excluding hydrogens is 438 g/mol. The summed E-state index contributed by atoms with van der Waals surface area (Å²) in [6.07, 6.45) is 6.24. The molecule has 0 amide bonds. The largest absolute Gasteiger partial charge is 0.478 e. The summed E-state index contributed by atoms with van der Waals surface area (Å²) in [5.41, 5.74) is 7.70. The highest BCUT2D eigenvalue weighted by atomic mass is 16.4. The fourth-order valence-corrected chi connectivity index (χ4v) is 4.70. The van der Waals surface area contributed by atoms with Gasteiger partial charge in [0, 0.05) is 18.3 Å². The number of carboxylic acid groups (broad SMARTS) is 1. The third-order valence-electron chi connectivity index (χ3n) is 6.39. The lowest BCUT2D eigenvalue weighted by Crippen LogP contribution is -2.24. The molecule has 0 radical (unpaired) electrons. The number of aromatic amines is 1. The predicted octanol–water partition coefficient (Wildman–Crippen LogP) is 5.87. The van der Waals surface area contributed by atoms with Crippen molar-refractivity contribution < 1.29 is 9.90 Å². The van der Waals surface area contributed by atoms with E-state index in [1.54, 1.807) is 6.07 Å². The molecule has 0 unspecified atom stereocenters. The standard InChI is InChI=1S/C28H27N5O2/c1-2-3-7-20-16-22-8-6-11-25(28(34)35)26(22)33(18-20)17-19-12-14-21(15-13-19)23-9-4-5-10-24(23)27-29-31-32-30-27/h4-6,8-15,18H,2-3,7,16-17H2,1H3,(H,34,35)(H,29,30,31,32). The van der Waals surface area contributed by atoms with Crippen LogP contribution in [0.2, 0.25) is 0 Å². The van der Waals surface area contributed by atoms with Gasteiger partial charge < -0.3 is 10.0 Å². The van der Waals surface area contributed by atoms with Gasteiger partial charge in [-0.15, -0.1) is 5.10 Å². The monoisotopic (exact) mass is 465 g/mol. The van der Waals surface area contributed by atoms with Gasteiger partial charge in [0.05, 0.1) is 11.3 Å². The molecule has 35 heavy (non-hydrogen) atoms. The fraction of sp³-hybridized carbons (Fsp3) is 0.214. The number of para-hydroxylation sites is 1. The minimum Gasteiger partial charge on any atom is -0.478 e. The maximum atomic E-state index is 12.0. The number of nitrogens with one attached hydrogen (secondary N) is 1. The molecule has 5 rings (SSSR count). The van der Waals surface area contributed by atoms with E-state index in [2.05, 4.69) is 69.0 Å². The van der Waals surface area contributed by atoms with Gasteiger partial charge in [-0.1, -0.05) is 74.0 Å². The van der Waals surface area contributed by atoms with Crippen LogP contribution in [-0.2, 0) is 13.0 Å². The van der Waals surface area contributed by atoms with Gasteiger partial charge in [0.15, 0.2) is 5.82 Å². The molecule has 2 heterocycles. The molecule has 2 N–H and O–H groups in total. The van der Waals surface area contributed by atoms with E-state index in [4.69, 9.17) is 0 Å². The molecule has 0 atom stereocenters. The zero-order valence-corrected chi connectivity index (χ0v) is 19.6. The number of unbranched alkanes of at least 4 members (excludes halogenated alkanes) is 1. The van der Waals surface area contributed by atoms with Crippen LogP contribution in [-0.4, -0.2) is 31.7 Å². The molecule has 7 heteroatoms. The number of carboxylic acids is 1. The summed E-state index contributed by atoms with van der Waals surface area (Å²) in [5.74, 6) is -0.272. The van der Waals surface area contributed by atoms with Crippen LogP contribution in [0.4, 0.5) is 5.69 Å². The van der Waals surface area contributed by atoms with Gasteiger partial charge in [-0.25, -0.2) is 9.89 Å². The Morgan fingerprint density at radius 3 is 2.54 bits per heavy atom. The highest BCUT2D eigenvalue weighted by Crippen LogP contribution is 2.36. The van der Waals surface area contributed by atoms with Crippen molar-refractivity contribution in [2.45, 2.75) is 39.2 Å². The normalized spacial score (nSPS) is 12.8. The van der Waals surface area contributed by atoms with Crippen molar-refractivity contribution in [3.63, 3.8) is 0 Å². The fourth-order valence-electron chi connectivity index (χ4n) is 4.70. The van der Waals surface area contributed by atoms with Gasteiger partial charge in [-0.2, -0.15) is 0 Å². The Hall–Kier alpha value is -4.26. The van der Waals surface area contributed by atoms with Crippen LogP contribution in [0.1, 0.15) is 47.7 Å². The second-order valence-electron chi connectivity index (χ2n) is 8.81. The zero-order valence-electron chi connectivity index (χ0n) is 19.6. The summed E-state index contributed by atoms with van der Waals surface area (Å²) in [5, 5.41) is 24.1. The molecule has 0 saturated heterocycles. The van der Waals surface area contributed by atoms with Crippen LogP contribution in [0.25, 0.3) is 22.5 Å². The number of anilines is 1. The molecule has 0 saturated carbocycles. The van der Waals surface area contributed by atoms with Gasteiger partial charge >= 0.3 is 5.97 Å². The summed E-state index contributed by atoms with van der Waals surface area (Å²) < 4.78 is 0. The first kappa shape index (κ1) is 22.5. The molecule has 1 aliphatic rings. The van der Waals surface area contributed by atoms with E-state index in [1.807, 2.05) is 30.3 Å². The average Bonchev–Trinajstić information content (AvgIpc) is 3.42. The SMILES string of the molecule is CCCCC1=CN(Cc2ccc(-c3ccccc3-c3nnn[nH]3)cc2)c2c(cccc2C(=O)O)C1. The molecule has 1 aliphatic heterocycles. The summed E-state index contributed by atoms with van der Waals surface area (Å²) in [4.78, 5) is 14.1. The minimum atomic E-state index is -0.897. The third-order valence-corrected chi connectivity index (χ3v) is 6.39. The van der Waals surface area contributed by atoms with Crippen molar-refractivity contribution in [1.29, 1.82) is 0 Å². The molecule has 1 aromatic heterocycles. The Balaban J connectivity index is 1.46. The van der Waals surface area contributed by atoms with Crippen molar-refractivity contribution in [1.82, 2.24) is 20.6 Å². The molecule has 0 aliphatic carbocycles. The Bertz CT molecular complexity index is 1360. The van der Waals surface area contributed by atoms with Crippen LogP contribution >= 0.6 is 0 Å². The van der Waals surface area contributed by atoms with Gasteiger partial charge in [0.25, 0.3) is 0 Å². The maximum absolute atomic E-state index is 12.0. The number of H-pyrrole nitrogens is 1. The van der Waals surface area contributed by atoms with Gasteiger partial charge in [-0.3, -0.25) is 0 Å². The second kappa shape index (κ2) is 9.93. The Kier molecular flexibility index (Phi) is 6.39. The molecule has 176 valence electrons. The van der Waals surface area contributed by atoms with Crippen LogP contribution in [0, 0.1) is 0 Å². The summed E-state index contributed by atoms with van der Waals surface area (Å²) >= 11 is 0. The topological polar surface area (TPSA) is 95.0 Å². The number of carbonyl (C=O) groups is 1. The summed E-state index contributed by atoms with van der Waals surface area (Å²) in [6.45, 7) is 2.79. The van der Waals surface area contributed by atoms with E-state index in [0.29, 0.717) is 17.9 Å². The number of hydrogen-bond acceptors (Lipinski definition) is 5. The lowest BCUT2D eigenvalue weighted by atomic mass is 9.93. The molecule has 0 spiro atoms. The van der Waals surface area contributed by atoms with E-state index in [9.17, 15) is 9.90 Å². The Morgan fingerprint density at radius 1 is 1.03 bits per heavy atom. The zero-order chi connectivity index (χ0) is 24.2. The minimum absolute atomic E-state index is 0.347. The van der Waals surface area contributed by atoms with Crippen molar-refractivity contribution in [3.05, 3.63) is 95.2 Å². The van der Waals surface area contributed by atoms with Crippen molar-refractivity contribution >= 4 is 11.7 Å². The van der Waals surface area contributed by atoms with E-state index < -0.39 is 5.97 Å². The van der Waals surface area contributed by atoms with Gasteiger partial charge in [0.1, 0.15) is 0 Å². The number of aromatic nitrogens is 4. The molecule has 0 fully saturated rings. The first-order valence-electron chi connectivity index (χ1n) is 11.9. The second-order valence-corrected chi connectivity index (χ2v) is 8.81. The third kappa shape index (κ3) is 4.71. The van der Waals surface area contributed by atoms with Gasteiger partial charge in [0.2, 0.25) is 0 Å². The molecular formula is C28H27N5O2. The van der Waals surface area contributed by atoms with E-state index in [0.717, 1.165) is 59.2 Å². The van der Waals surface area contributed by atoms with E-state index in [-0.39, 0.29) is 0 Å². The summed E-state index contributed by atoms with van der Waals surface area (Å²) in [6, 6.07) is 22.0. The Morgan fingerprint density at radius 2 is 1.83 bits per heavy atom. The van der Waals surface area contributed by atoms with Gasteiger partial charge in [-0.05, 0) is 63.6 Å². The lowest BCUT2D eigenvalue weighted by Gasteiger charge is -2.31. The van der Waals surface area contributed by atoms with Crippen molar-refractivity contribution in [2.24, 2.45) is 0 Å². The molecule has 0 bridgehead atoms. The first-order valence-corrected chi connectivity index (χ1v) is 11.9. The van der Waals surface area contributed by atoms with Crippen molar-refractivity contribution in [3.8, 4) is 22.5 Å². The summed E-state index contributed by atoms with van der Waals surface area (Å²) in [7, 11) is 0. The van der Waals surface area contributed by atoms with Crippen LogP contribution < -0.4 is 4.90 Å². The highest BCUT2D eigenvalue weighted by molar-refractivity contribution is 5.96. The number of rotatable bonds is 8. The highest BCUT2D eigenvalue weighted by Gasteiger charge is 2.23. The first-order chi connectivity index (χ1) is 17.1. The predicted molar refractivity (Wildman–Crippen MR) is 136 cm³/mol. The number of fused-ring (bicyclic) bond motifs is 1. The lowest BCUT2D eigenvalue weighted by molar-refractivity contribution is 0.0697. The average molecular weight is 466 g/mol. The van der Waals surface area contributed by atoms with Crippen LogP contribution in [0.5, 0.6) is 0 Å². The number of aromatic carboxylic acids is 1. The maximum Gasteiger partial charge on any atom is 0.337 e. The number of hydrogen-bond donors (Lipinski definition) is 2. The number of allylic oxidation sites excluding steroid dienone is 1. The smallest absolute Gasteiger partial charge is 0.337 e. The van der Waals surface area contributed by atoms with E-state index in [1.165, 1.54) is 5.57 Å². The number of tetrazole rings is 1. The molecule has 4 aromatic rings. The van der Waals surface area contributed by atoms with Crippen LogP contribution in [0.15, 0.2) is 78.5 Å². The molecule has 7 nitrogen and oxygen atoms in total. The number of nitrogens with zero attached hydrogens (tertiary/aromatic N) is 4. The van der Waals surface area contributed by atoms with E-state index >= 15 is 0 Å². The number of benzene rings is 3. The van der Waals surface area contributed by atoms with Crippen molar-refractivity contribution in [2.75, 3.05) is 4.90 Å². The Labute approximate surface area is 204 Å². The quantitative estimate of drug-likeness (QED) is 0.338. The van der Waals surface area contributed by atoms with Crippen LogP contribution in [0.3, 0.4) is 0 Å². The molecule has 3 aromatic carbocycles.